The van der Waals surface area contributed by atoms with Crippen LogP contribution < -0.4 is 16.0 Å². The largest absolute Gasteiger partial charge is 0.445 e. The second-order valence-electron chi connectivity index (χ2n) is 10.2. The summed E-state index contributed by atoms with van der Waals surface area (Å²) in [4.78, 5) is 37.8. The van der Waals surface area contributed by atoms with Gasteiger partial charge in [0.15, 0.2) is 0 Å². The zero-order chi connectivity index (χ0) is 26.4. The summed E-state index contributed by atoms with van der Waals surface area (Å²) in [5, 5.41) is 19.1. The van der Waals surface area contributed by atoms with Crippen LogP contribution >= 0.6 is 0 Å². The van der Waals surface area contributed by atoms with E-state index in [2.05, 4.69) is 22.9 Å². The van der Waals surface area contributed by atoms with Crippen molar-refractivity contribution in [2.75, 3.05) is 6.54 Å². The number of benzene rings is 1. The molecular formula is C27H45N3O5. The lowest BCUT2D eigenvalue weighted by atomic mass is 9.95. The summed E-state index contributed by atoms with van der Waals surface area (Å²) >= 11 is 0. The summed E-state index contributed by atoms with van der Waals surface area (Å²) in [6.45, 7) is 12.6. The first kappa shape index (κ1) is 30.4. The number of rotatable bonds is 15. The Morgan fingerprint density at radius 3 is 2.14 bits per heavy atom. The van der Waals surface area contributed by atoms with Gasteiger partial charge in [0.25, 0.3) is 0 Å². The Morgan fingerprint density at radius 1 is 0.943 bits per heavy atom. The maximum atomic E-state index is 13.1. The molecule has 1 aromatic rings. The number of ether oxygens (including phenoxy) is 1. The lowest BCUT2D eigenvalue weighted by Gasteiger charge is -2.28. The van der Waals surface area contributed by atoms with Crippen molar-refractivity contribution >= 4 is 17.9 Å². The minimum absolute atomic E-state index is 0.100. The van der Waals surface area contributed by atoms with Gasteiger partial charge >= 0.3 is 6.09 Å². The van der Waals surface area contributed by atoms with E-state index in [0.717, 1.165) is 12.0 Å². The highest BCUT2D eigenvalue weighted by Gasteiger charge is 2.29. The Hall–Kier alpha value is -2.61. The molecule has 0 fully saturated rings. The Morgan fingerprint density at radius 2 is 1.57 bits per heavy atom. The van der Waals surface area contributed by atoms with Gasteiger partial charge in [0, 0.05) is 6.54 Å². The fourth-order valence-electron chi connectivity index (χ4n) is 3.55. The molecule has 2 unspecified atom stereocenters. The van der Waals surface area contributed by atoms with Gasteiger partial charge in [-0.2, -0.15) is 0 Å². The molecule has 0 aliphatic carbocycles. The highest BCUT2D eigenvalue weighted by Crippen LogP contribution is 2.13. The van der Waals surface area contributed by atoms with Crippen molar-refractivity contribution < 1.29 is 24.2 Å². The molecule has 0 bridgehead atoms. The standard InChI is InChI=1S/C27H45N3O5/c1-7-20(6)16-28-25(32)15-24(31)22(13-18(2)3)29-26(33)23(14-19(4)5)30-27(34)35-17-21-11-9-8-10-12-21/h8-12,18-20,22-24,31H,7,13-17H2,1-6H3,(H,28,32)(H,29,33)(H,30,34)/t20-,22?,23-,24?/m0/s1. The number of carbonyl (C=O) groups excluding carboxylic acids is 3. The third-order valence-electron chi connectivity index (χ3n) is 5.79. The first-order valence-corrected chi connectivity index (χ1v) is 12.7. The first-order chi connectivity index (χ1) is 16.5. The molecule has 35 heavy (non-hydrogen) atoms. The van der Waals surface area contributed by atoms with Gasteiger partial charge in [-0.1, -0.05) is 78.3 Å². The normalized spacial score (nSPS) is 14.7. The van der Waals surface area contributed by atoms with E-state index in [1.165, 1.54) is 0 Å². The van der Waals surface area contributed by atoms with E-state index in [0.29, 0.717) is 25.3 Å². The molecule has 0 aliphatic heterocycles. The van der Waals surface area contributed by atoms with Crippen LogP contribution in [0.1, 0.15) is 72.8 Å². The minimum Gasteiger partial charge on any atom is -0.445 e. The highest BCUT2D eigenvalue weighted by molar-refractivity contribution is 5.86. The van der Waals surface area contributed by atoms with Crippen molar-refractivity contribution in [2.45, 2.75) is 92.0 Å². The molecule has 0 saturated carbocycles. The number of amides is 3. The fraction of sp³-hybridized carbons (Fsp3) is 0.667. The number of hydrogen-bond donors (Lipinski definition) is 4. The molecule has 0 saturated heterocycles. The van der Waals surface area contributed by atoms with Crippen LogP contribution in [0.5, 0.6) is 0 Å². The molecule has 8 heteroatoms. The molecule has 1 aromatic carbocycles. The predicted molar refractivity (Wildman–Crippen MR) is 137 cm³/mol. The van der Waals surface area contributed by atoms with Crippen LogP contribution in [0.4, 0.5) is 4.79 Å². The number of alkyl carbamates (subject to hydrolysis) is 1. The molecule has 8 nitrogen and oxygen atoms in total. The quantitative estimate of drug-likeness (QED) is 0.298. The average Bonchev–Trinajstić information content (AvgIpc) is 2.80. The number of aliphatic hydroxyl groups is 1. The molecule has 3 amide bonds. The smallest absolute Gasteiger partial charge is 0.408 e. The molecule has 0 heterocycles. The Bertz CT molecular complexity index is 769. The van der Waals surface area contributed by atoms with Crippen molar-refractivity contribution in [2.24, 2.45) is 17.8 Å². The highest BCUT2D eigenvalue weighted by atomic mass is 16.5. The van der Waals surface area contributed by atoms with Gasteiger partial charge in [-0.15, -0.1) is 0 Å². The van der Waals surface area contributed by atoms with Crippen molar-refractivity contribution in [3.8, 4) is 0 Å². The molecule has 4 atom stereocenters. The van der Waals surface area contributed by atoms with Crippen molar-refractivity contribution in [3.63, 3.8) is 0 Å². The van der Waals surface area contributed by atoms with Gasteiger partial charge < -0.3 is 25.8 Å². The zero-order valence-electron chi connectivity index (χ0n) is 22.2. The maximum Gasteiger partial charge on any atom is 0.408 e. The maximum absolute atomic E-state index is 13.1. The lowest BCUT2D eigenvalue weighted by molar-refractivity contribution is -0.127. The van der Waals surface area contributed by atoms with Crippen molar-refractivity contribution in [3.05, 3.63) is 35.9 Å². The van der Waals surface area contributed by atoms with Crippen LogP contribution in [-0.2, 0) is 20.9 Å². The van der Waals surface area contributed by atoms with E-state index < -0.39 is 30.2 Å². The molecule has 1 rings (SSSR count). The monoisotopic (exact) mass is 491 g/mol. The molecule has 0 radical (unpaired) electrons. The predicted octanol–water partition coefficient (Wildman–Crippen LogP) is 3.77. The SMILES string of the molecule is CC[C@H](C)CNC(=O)CC(O)C(CC(C)C)NC(=O)[C@H](CC(C)C)NC(=O)OCc1ccccc1. The lowest BCUT2D eigenvalue weighted by Crippen LogP contribution is -2.53. The van der Waals surface area contributed by atoms with Crippen LogP contribution in [-0.4, -0.2) is 47.7 Å². The van der Waals surface area contributed by atoms with Crippen LogP contribution in [0.3, 0.4) is 0 Å². The van der Waals surface area contributed by atoms with Gasteiger partial charge in [-0.25, -0.2) is 4.79 Å². The number of nitrogens with one attached hydrogen (secondary N) is 3. The second-order valence-corrected chi connectivity index (χ2v) is 10.2. The third kappa shape index (κ3) is 13.2. The van der Waals surface area contributed by atoms with Crippen LogP contribution in [0.2, 0.25) is 0 Å². The van der Waals surface area contributed by atoms with Crippen molar-refractivity contribution in [1.82, 2.24) is 16.0 Å². The topological polar surface area (TPSA) is 117 Å². The first-order valence-electron chi connectivity index (χ1n) is 12.7. The van der Waals surface area contributed by atoms with Gasteiger partial charge in [0.1, 0.15) is 12.6 Å². The minimum atomic E-state index is -1.04. The molecule has 4 N–H and O–H groups in total. The van der Waals surface area contributed by atoms with Crippen LogP contribution in [0.15, 0.2) is 30.3 Å². The Labute approximate surface area is 210 Å². The number of hydrogen-bond acceptors (Lipinski definition) is 5. The zero-order valence-corrected chi connectivity index (χ0v) is 22.2. The molecule has 198 valence electrons. The average molecular weight is 492 g/mol. The van der Waals surface area contributed by atoms with E-state index in [1.807, 2.05) is 65.0 Å². The van der Waals surface area contributed by atoms with Crippen LogP contribution in [0.25, 0.3) is 0 Å². The third-order valence-corrected chi connectivity index (χ3v) is 5.79. The summed E-state index contributed by atoms with van der Waals surface area (Å²) in [5.41, 5.74) is 0.847. The molecule has 0 spiro atoms. The molecule has 0 aliphatic rings. The van der Waals surface area contributed by atoms with Gasteiger partial charge in [0.2, 0.25) is 11.8 Å². The van der Waals surface area contributed by atoms with E-state index >= 15 is 0 Å². The van der Waals surface area contributed by atoms with Crippen molar-refractivity contribution in [1.29, 1.82) is 0 Å². The number of aliphatic hydroxyl groups excluding tert-OH is 1. The van der Waals surface area contributed by atoms with E-state index in [9.17, 15) is 19.5 Å². The second kappa shape index (κ2) is 16.1. The summed E-state index contributed by atoms with van der Waals surface area (Å²) in [6.07, 6.45) is 0.0375. The summed E-state index contributed by atoms with van der Waals surface area (Å²) in [7, 11) is 0. The van der Waals surface area contributed by atoms with Gasteiger partial charge in [0.05, 0.1) is 18.6 Å². The van der Waals surface area contributed by atoms with E-state index in [1.54, 1.807) is 0 Å². The van der Waals surface area contributed by atoms with Crippen LogP contribution in [0, 0.1) is 17.8 Å². The fourth-order valence-corrected chi connectivity index (χ4v) is 3.55. The van der Waals surface area contributed by atoms with E-state index in [4.69, 9.17) is 4.74 Å². The van der Waals surface area contributed by atoms with Gasteiger partial charge in [-0.3, -0.25) is 9.59 Å². The summed E-state index contributed by atoms with van der Waals surface area (Å²) in [5.74, 6) is 0.0273. The summed E-state index contributed by atoms with van der Waals surface area (Å²) in [6, 6.07) is 7.86. The van der Waals surface area contributed by atoms with E-state index in [-0.39, 0.29) is 30.8 Å². The Kier molecular flexibility index (Phi) is 14.0. The number of carbonyl (C=O) groups is 3. The Balaban J connectivity index is 2.77. The molecular weight excluding hydrogens is 446 g/mol. The summed E-state index contributed by atoms with van der Waals surface area (Å²) < 4.78 is 5.28. The molecule has 0 aromatic heterocycles. The van der Waals surface area contributed by atoms with Gasteiger partial charge in [-0.05, 0) is 36.2 Å².